The number of aromatic nitrogens is 2. The van der Waals surface area contributed by atoms with E-state index in [-0.39, 0.29) is 0 Å². The molecule has 0 saturated carbocycles. The number of hydrogen-bond donors (Lipinski definition) is 1. The highest BCUT2D eigenvalue weighted by Gasteiger charge is 2.13. The first kappa shape index (κ1) is 13.9. The van der Waals surface area contributed by atoms with Gasteiger partial charge in [-0.05, 0) is 38.0 Å². The first-order valence-electron chi connectivity index (χ1n) is 7.16. The molecule has 0 aliphatic carbocycles. The monoisotopic (exact) mass is 267 g/mol. The smallest absolute Gasteiger partial charge is 0.0762 e. The molecular formula is C14H25N3S. The molecule has 1 saturated heterocycles. The van der Waals surface area contributed by atoms with Crippen LogP contribution in [0.1, 0.15) is 51.3 Å². The fourth-order valence-electron chi connectivity index (χ4n) is 2.23. The van der Waals surface area contributed by atoms with E-state index in [0.717, 1.165) is 30.5 Å². The van der Waals surface area contributed by atoms with Gasteiger partial charge in [0.15, 0.2) is 0 Å². The van der Waals surface area contributed by atoms with Gasteiger partial charge < -0.3 is 5.32 Å². The third-order valence-electron chi connectivity index (χ3n) is 3.66. The van der Waals surface area contributed by atoms with Crippen molar-refractivity contribution >= 4 is 11.8 Å². The largest absolute Gasteiger partial charge is 0.310 e. The highest BCUT2D eigenvalue weighted by atomic mass is 32.2. The van der Waals surface area contributed by atoms with Gasteiger partial charge in [-0.2, -0.15) is 16.9 Å². The van der Waals surface area contributed by atoms with E-state index in [9.17, 15) is 0 Å². The second-order valence-corrected chi connectivity index (χ2v) is 6.57. The van der Waals surface area contributed by atoms with E-state index < -0.39 is 0 Å². The molecule has 2 atom stereocenters. The van der Waals surface area contributed by atoms with Crippen molar-refractivity contribution < 1.29 is 0 Å². The minimum atomic E-state index is 0.507. The third-order valence-corrected chi connectivity index (χ3v) is 5.06. The molecule has 1 aromatic heterocycles. The molecule has 3 nitrogen and oxygen atoms in total. The minimum Gasteiger partial charge on any atom is -0.310 e. The summed E-state index contributed by atoms with van der Waals surface area (Å²) in [6.45, 7) is 6.44. The Labute approximate surface area is 115 Å². The van der Waals surface area contributed by atoms with Gasteiger partial charge in [0, 0.05) is 30.6 Å². The Morgan fingerprint density at radius 2 is 2.44 bits per heavy atom. The van der Waals surface area contributed by atoms with Gasteiger partial charge in [-0.25, -0.2) is 0 Å². The molecule has 1 aliphatic rings. The van der Waals surface area contributed by atoms with Gasteiger partial charge in [0.25, 0.3) is 0 Å². The summed E-state index contributed by atoms with van der Waals surface area (Å²) in [5.41, 5.74) is 1.16. The normalized spacial score (nSPS) is 22.0. The van der Waals surface area contributed by atoms with Crippen LogP contribution in [-0.2, 0) is 6.54 Å². The predicted molar refractivity (Wildman–Crippen MR) is 79.0 cm³/mol. The lowest BCUT2D eigenvalue weighted by atomic mass is 10.2. The van der Waals surface area contributed by atoms with Crippen LogP contribution >= 0.6 is 11.8 Å². The lowest BCUT2D eigenvalue weighted by Crippen LogP contribution is -2.26. The molecule has 0 radical (unpaired) electrons. The average Bonchev–Trinajstić information content (AvgIpc) is 2.88. The van der Waals surface area contributed by atoms with E-state index in [1.54, 1.807) is 0 Å². The maximum atomic E-state index is 4.61. The van der Waals surface area contributed by atoms with Crippen LogP contribution in [0.2, 0.25) is 0 Å². The summed E-state index contributed by atoms with van der Waals surface area (Å²) in [7, 11) is 0. The lowest BCUT2D eigenvalue weighted by Gasteiger charge is -2.21. The number of hydrogen-bond acceptors (Lipinski definition) is 3. The first-order chi connectivity index (χ1) is 8.79. The fraction of sp³-hybridized carbons (Fsp3) is 0.786. The number of thioether (sulfide) groups is 1. The summed E-state index contributed by atoms with van der Waals surface area (Å²) in [5.74, 6) is 1.34. The maximum Gasteiger partial charge on any atom is 0.0762 e. The van der Waals surface area contributed by atoms with Crippen LogP contribution in [0.15, 0.2) is 12.3 Å². The molecule has 4 heteroatoms. The summed E-state index contributed by atoms with van der Waals surface area (Å²) in [6.07, 6.45) is 7.41. The van der Waals surface area contributed by atoms with E-state index in [4.69, 9.17) is 0 Å². The summed E-state index contributed by atoms with van der Waals surface area (Å²) in [6, 6.07) is 2.64. The molecule has 0 bridgehead atoms. The Morgan fingerprint density at radius 3 is 3.17 bits per heavy atom. The molecule has 102 valence electrons. The van der Waals surface area contributed by atoms with E-state index in [2.05, 4.69) is 53.0 Å². The zero-order valence-corrected chi connectivity index (χ0v) is 12.4. The molecule has 1 aromatic rings. The fourth-order valence-corrected chi connectivity index (χ4v) is 3.51. The Kier molecular flexibility index (Phi) is 5.57. The quantitative estimate of drug-likeness (QED) is 0.858. The van der Waals surface area contributed by atoms with Crippen LogP contribution in [0.4, 0.5) is 0 Å². The standard InChI is InChI=1S/C14H25N3S/c1-3-12(2)17-8-7-13(16-17)10-15-11-14-6-4-5-9-18-14/h7-8,12,14-15H,3-6,9-11H2,1-2H3. The molecule has 2 rings (SSSR count). The molecule has 0 amide bonds. The number of rotatable bonds is 6. The summed E-state index contributed by atoms with van der Waals surface area (Å²) < 4.78 is 2.08. The Morgan fingerprint density at radius 1 is 1.56 bits per heavy atom. The maximum absolute atomic E-state index is 4.61. The van der Waals surface area contributed by atoms with Crippen LogP contribution in [0.3, 0.4) is 0 Å². The lowest BCUT2D eigenvalue weighted by molar-refractivity contribution is 0.471. The van der Waals surface area contributed by atoms with Crippen LogP contribution < -0.4 is 5.32 Å². The van der Waals surface area contributed by atoms with Crippen molar-refractivity contribution in [1.82, 2.24) is 15.1 Å². The summed E-state index contributed by atoms with van der Waals surface area (Å²) in [5, 5.41) is 8.97. The van der Waals surface area contributed by atoms with Crippen molar-refractivity contribution in [2.45, 2.75) is 57.4 Å². The second-order valence-electron chi connectivity index (χ2n) is 5.16. The second kappa shape index (κ2) is 7.19. The Hall–Kier alpha value is -0.480. The highest BCUT2D eigenvalue weighted by molar-refractivity contribution is 7.99. The molecule has 1 aliphatic heterocycles. The molecule has 0 spiro atoms. The summed E-state index contributed by atoms with van der Waals surface area (Å²) in [4.78, 5) is 0. The molecule has 2 unspecified atom stereocenters. The summed E-state index contributed by atoms with van der Waals surface area (Å²) >= 11 is 2.12. The predicted octanol–water partition coefficient (Wildman–Crippen LogP) is 3.23. The van der Waals surface area contributed by atoms with Crippen molar-refractivity contribution in [1.29, 1.82) is 0 Å². The van der Waals surface area contributed by atoms with Crippen molar-refractivity contribution in [2.24, 2.45) is 0 Å². The van der Waals surface area contributed by atoms with Gasteiger partial charge in [-0.1, -0.05) is 13.3 Å². The van der Waals surface area contributed by atoms with Gasteiger partial charge in [0.1, 0.15) is 0 Å². The SMILES string of the molecule is CCC(C)n1ccc(CNCC2CCCCS2)n1. The van der Waals surface area contributed by atoms with Gasteiger partial charge >= 0.3 is 0 Å². The van der Waals surface area contributed by atoms with Crippen LogP contribution in [-0.4, -0.2) is 27.3 Å². The Bertz CT molecular complexity index is 345. The first-order valence-corrected chi connectivity index (χ1v) is 8.21. The zero-order valence-electron chi connectivity index (χ0n) is 11.6. The zero-order chi connectivity index (χ0) is 12.8. The number of nitrogens with zero attached hydrogens (tertiary/aromatic N) is 2. The Balaban J connectivity index is 1.71. The van der Waals surface area contributed by atoms with E-state index in [0.29, 0.717) is 6.04 Å². The van der Waals surface area contributed by atoms with Gasteiger partial charge in [-0.15, -0.1) is 0 Å². The minimum absolute atomic E-state index is 0.507. The molecule has 18 heavy (non-hydrogen) atoms. The molecule has 1 fully saturated rings. The van der Waals surface area contributed by atoms with Crippen LogP contribution in [0.5, 0.6) is 0 Å². The topological polar surface area (TPSA) is 29.9 Å². The highest BCUT2D eigenvalue weighted by Crippen LogP contribution is 2.24. The average molecular weight is 267 g/mol. The van der Waals surface area contributed by atoms with Crippen molar-refractivity contribution in [3.05, 3.63) is 18.0 Å². The van der Waals surface area contributed by atoms with Crippen LogP contribution in [0.25, 0.3) is 0 Å². The third kappa shape index (κ3) is 4.02. The van der Waals surface area contributed by atoms with E-state index >= 15 is 0 Å². The molecule has 0 aromatic carbocycles. The van der Waals surface area contributed by atoms with Crippen LogP contribution in [0, 0.1) is 0 Å². The van der Waals surface area contributed by atoms with Gasteiger partial charge in [0.05, 0.1) is 5.69 Å². The van der Waals surface area contributed by atoms with Crippen molar-refractivity contribution in [3.63, 3.8) is 0 Å². The van der Waals surface area contributed by atoms with Crippen molar-refractivity contribution in [2.75, 3.05) is 12.3 Å². The van der Waals surface area contributed by atoms with Gasteiger partial charge in [-0.3, -0.25) is 4.68 Å². The van der Waals surface area contributed by atoms with Crippen molar-refractivity contribution in [3.8, 4) is 0 Å². The van der Waals surface area contributed by atoms with Gasteiger partial charge in [0.2, 0.25) is 0 Å². The molecule has 1 N–H and O–H groups in total. The van der Waals surface area contributed by atoms with E-state index in [1.165, 1.54) is 25.0 Å². The van der Waals surface area contributed by atoms with E-state index in [1.807, 2.05) is 0 Å². The number of nitrogens with one attached hydrogen (secondary N) is 1. The molecule has 2 heterocycles. The molecular weight excluding hydrogens is 242 g/mol.